The number of rotatable bonds is 7. The van der Waals surface area contributed by atoms with Crippen LogP contribution >= 0.6 is 12.2 Å². The van der Waals surface area contributed by atoms with Crippen LogP contribution in [0, 0.1) is 0 Å². The lowest BCUT2D eigenvalue weighted by molar-refractivity contribution is 0.409. The summed E-state index contributed by atoms with van der Waals surface area (Å²) in [5, 5.41) is 6.98. The highest BCUT2D eigenvalue weighted by Gasteiger charge is 2.02. The molecule has 2 aromatic rings. The van der Waals surface area contributed by atoms with E-state index < -0.39 is 0 Å². The van der Waals surface area contributed by atoms with Crippen molar-refractivity contribution in [1.82, 2.24) is 5.32 Å². The normalized spacial score (nSPS) is 10.0. The smallest absolute Gasteiger partial charge is 0.170 e. The maximum absolute atomic E-state index is 5.35. The fourth-order valence-electron chi connectivity index (χ4n) is 2.27. The molecule has 0 aliphatic carbocycles. The van der Waals surface area contributed by atoms with Gasteiger partial charge in [0.1, 0.15) is 11.5 Å². The summed E-state index contributed by atoms with van der Waals surface area (Å²) in [5.74, 6) is 1.73. The summed E-state index contributed by atoms with van der Waals surface area (Å²) in [5.41, 5.74) is 2.12. The number of anilines is 1. The van der Waals surface area contributed by atoms with Gasteiger partial charge in [0.05, 0.1) is 14.2 Å². The Kier molecular flexibility index (Phi) is 6.69. The topological polar surface area (TPSA) is 42.5 Å². The SMILES string of the molecule is COc1cccc(NC(=S)NCCCc2ccccc2OC)c1. The molecule has 0 aliphatic rings. The number of aryl methyl sites for hydroxylation is 1. The van der Waals surface area contributed by atoms with E-state index in [0.29, 0.717) is 5.11 Å². The summed E-state index contributed by atoms with van der Waals surface area (Å²) >= 11 is 5.31. The van der Waals surface area contributed by atoms with Crippen molar-refractivity contribution in [2.24, 2.45) is 0 Å². The monoisotopic (exact) mass is 330 g/mol. The van der Waals surface area contributed by atoms with E-state index in [9.17, 15) is 0 Å². The maximum atomic E-state index is 5.35. The zero-order chi connectivity index (χ0) is 16.5. The predicted octanol–water partition coefficient (Wildman–Crippen LogP) is 3.62. The van der Waals surface area contributed by atoms with Gasteiger partial charge in [0, 0.05) is 18.3 Å². The van der Waals surface area contributed by atoms with Crippen molar-refractivity contribution in [2.45, 2.75) is 12.8 Å². The summed E-state index contributed by atoms with van der Waals surface area (Å²) in [6.45, 7) is 0.799. The number of ether oxygens (including phenoxy) is 2. The molecular formula is C18H22N2O2S. The van der Waals surface area contributed by atoms with Crippen LogP contribution in [0.4, 0.5) is 5.69 Å². The Morgan fingerprint density at radius 3 is 2.65 bits per heavy atom. The van der Waals surface area contributed by atoms with Gasteiger partial charge in [0.2, 0.25) is 0 Å². The lowest BCUT2D eigenvalue weighted by Crippen LogP contribution is -2.29. The highest BCUT2D eigenvalue weighted by molar-refractivity contribution is 7.80. The molecule has 0 saturated heterocycles. The quantitative estimate of drug-likeness (QED) is 0.599. The Morgan fingerprint density at radius 1 is 1.04 bits per heavy atom. The molecule has 2 aromatic carbocycles. The number of hydrogen-bond acceptors (Lipinski definition) is 3. The Morgan fingerprint density at radius 2 is 1.87 bits per heavy atom. The van der Waals surface area contributed by atoms with Crippen LogP contribution in [-0.2, 0) is 6.42 Å². The van der Waals surface area contributed by atoms with E-state index in [1.807, 2.05) is 42.5 Å². The first-order chi connectivity index (χ1) is 11.2. The van der Waals surface area contributed by atoms with E-state index in [0.717, 1.165) is 36.6 Å². The molecule has 0 atom stereocenters. The number of nitrogens with one attached hydrogen (secondary N) is 2. The number of benzene rings is 2. The van der Waals surface area contributed by atoms with Gasteiger partial charge in [-0.3, -0.25) is 0 Å². The molecule has 0 unspecified atom stereocenters. The third-order valence-corrected chi connectivity index (χ3v) is 3.67. The first kappa shape index (κ1) is 17.1. The van der Waals surface area contributed by atoms with Crippen molar-refractivity contribution in [2.75, 3.05) is 26.1 Å². The maximum Gasteiger partial charge on any atom is 0.170 e. The summed E-state index contributed by atoms with van der Waals surface area (Å²) in [6.07, 6.45) is 1.92. The largest absolute Gasteiger partial charge is 0.497 e. The fourth-order valence-corrected chi connectivity index (χ4v) is 2.49. The highest BCUT2D eigenvalue weighted by Crippen LogP contribution is 2.18. The molecule has 4 nitrogen and oxygen atoms in total. The Bertz CT molecular complexity index is 646. The second-order valence-electron chi connectivity index (χ2n) is 5.03. The molecule has 0 radical (unpaired) electrons. The van der Waals surface area contributed by atoms with Crippen molar-refractivity contribution in [1.29, 1.82) is 0 Å². The zero-order valence-corrected chi connectivity index (χ0v) is 14.3. The van der Waals surface area contributed by atoms with E-state index in [-0.39, 0.29) is 0 Å². The van der Waals surface area contributed by atoms with Gasteiger partial charge < -0.3 is 20.1 Å². The van der Waals surface area contributed by atoms with E-state index in [1.165, 1.54) is 5.56 Å². The molecule has 0 aromatic heterocycles. The summed E-state index contributed by atoms with van der Waals surface area (Å²) < 4.78 is 10.5. The minimum absolute atomic E-state index is 0.610. The van der Waals surface area contributed by atoms with Gasteiger partial charge in [-0.25, -0.2) is 0 Å². The number of para-hydroxylation sites is 1. The Labute approximate surface area is 142 Å². The molecule has 0 saturated carbocycles. The van der Waals surface area contributed by atoms with Crippen LogP contribution in [0.2, 0.25) is 0 Å². The molecular weight excluding hydrogens is 308 g/mol. The van der Waals surface area contributed by atoms with Crippen molar-refractivity contribution < 1.29 is 9.47 Å². The number of hydrogen-bond donors (Lipinski definition) is 2. The molecule has 122 valence electrons. The van der Waals surface area contributed by atoms with Crippen molar-refractivity contribution in [3.63, 3.8) is 0 Å². The van der Waals surface area contributed by atoms with E-state index in [4.69, 9.17) is 21.7 Å². The van der Waals surface area contributed by atoms with Crippen LogP contribution in [0.15, 0.2) is 48.5 Å². The number of thiocarbonyl (C=S) groups is 1. The van der Waals surface area contributed by atoms with E-state index in [1.54, 1.807) is 14.2 Å². The lowest BCUT2D eigenvalue weighted by Gasteiger charge is -2.12. The Hall–Kier alpha value is -2.27. The van der Waals surface area contributed by atoms with Crippen LogP contribution in [0.1, 0.15) is 12.0 Å². The fraction of sp³-hybridized carbons (Fsp3) is 0.278. The molecule has 0 heterocycles. The average Bonchev–Trinajstić information content (AvgIpc) is 2.59. The molecule has 0 aliphatic heterocycles. The molecule has 2 rings (SSSR count). The van der Waals surface area contributed by atoms with Gasteiger partial charge in [0.25, 0.3) is 0 Å². The first-order valence-electron chi connectivity index (χ1n) is 7.53. The molecule has 0 spiro atoms. The molecule has 2 N–H and O–H groups in total. The summed E-state index contributed by atoms with van der Waals surface area (Å²) in [7, 11) is 3.35. The Balaban J connectivity index is 1.74. The minimum Gasteiger partial charge on any atom is -0.497 e. The zero-order valence-electron chi connectivity index (χ0n) is 13.5. The third-order valence-electron chi connectivity index (χ3n) is 3.43. The van der Waals surface area contributed by atoms with Gasteiger partial charge in [-0.1, -0.05) is 24.3 Å². The second kappa shape index (κ2) is 9.00. The van der Waals surface area contributed by atoms with Gasteiger partial charge in [-0.05, 0) is 48.8 Å². The molecule has 23 heavy (non-hydrogen) atoms. The van der Waals surface area contributed by atoms with Crippen LogP contribution < -0.4 is 20.1 Å². The van der Waals surface area contributed by atoms with Crippen molar-refractivity contribution in [3.05, 3.63) is 54.1 Å². The third kappa shape index (κ3) is 5.45. The van der Waals surface area contributed by atoms with Crippen LogP contribution in [0.5, 0.6) is 11.5 Å². The van der Waals surface area contributed by atoms with Gasteiger partial charge >= 0.3 is 0 Å². The van der Waals surface area contributed by atoms with Gasteiger partial charge in [-0.15, -0.1) is 0 Å². The van der Waals surface area contributed by atoms with Crippen molar-refractivity contribution >= 4 is 23.0 Å². The van der Waals surface area contributed by atoms with Crippen LogP contribution in [0.25, 0.3) is 0 Å². The van der Waals surface area contributed by atoms with Crippen LogP contribution in [-0.4, -0.2) is 25.9 Å². The lowest BCUT2D eigenvalue weighted by atomic mass is 10.1. The standard InChI is InChI=1S/C18H22N2O2S/c1-21-16-10-5-9-15(13-16)20-18(23)19-12-6-8-14-7-3-4-11-17(14)22-2/h3-5,7,9-11,13H,6,8,12H2,1-2H3,(H2,19,20,23). The summed E-state index contributed by atoms with van der Waals surface area (Å²) in [6, 6.07) is 15.8. The molecule has 0 fully saturated rings. The predicted molar refractivity (Wildman–Crippen MR) is 98.5 cm³/mol. The number of methoxy groups -OCH3 is 2. The minimum atomic E-state index is 0.610. The molecule has 5 heteroatoms. The molecule has 0 amide bonds. The van der Waals surface area contributed by atoms with Gasteiger partial charge in [-0.2, -0.15) is 0 Å². The van der Waals surface area contributed by atoms with Crippen LogP contribution in [0.3, 0.4) is 0 Å². The van der Waals surface area contributed by atoms with Gasteiger partial charge in [0.15, 0.2) is 5.11 Å². The molecule has 0 bridgehead atoms. The highest BCUT2D eigenvalue weighted by atomic mass is 32.1. The van der Waals surface area contributed by atoms with E-state index >= 15 is 0 Å². The second-order valence-corrected chi connectivity index (χ2v) is 5.44. The average molecular weight is 330 g/mol. The first-order valence-corrected chi connectivity index (χ1v) is 7.94. The van der Waals surface area contributed by atoms with E-state index in [2.05, 4.69) is 16.7 Å². The van der Waals surface area contributed by atoms with Crippen molar-refractivity contribution in [3.8, 4) is 11.5 Å². The summed E-state index contributed by atoms with van der Waals surface area (Å²) in [4.78, 5) is 0.